The predicted molar refractivity (Wildman–Crippen MR) is 85.7 cm³/mol. The van der Waals surface area contributed by atoms with Crippen molar-refractivity contribution < 1.29 is 5.11 Å². The molecular formula is C16H16N6O. The molecule has 0 aliphatic heterocycles. The molecule has 7 nitrogen and oxygen atoms in total. The maximum atomic E-state index is 9.08. The summed E-state index contributed by atoms with van der Waals surface area (Å²) in [5.41, 5.74) is 2.36. The van der Waals surface area contributed by atoms with Crippen molar-refractivity contribution in [3.8, 4) is 6.07 Å². The van der Waals surface area contributed by atoms with Gasteiger partial charge in [-0.2, -0.15) is 10.4 Å². The van der Waals surface area contributed by atoms with Crippen molar-refractivity contribution in [1.29, 1.82) is 5.26 Å². The number of aromatic nitrogens is 4. The standard InChI is InChI=1S/C16H16N6O/c1-21(10-13-4-2-3-12(7-13)8-17)15-14-9-20-22(5-6-23)16(14)19-11-18-15/h2-4,7,9,11,23H,5-6,10H2,1H3. The maximum absolute atomic E-state index is 9.08. The zero-order valence-corrected chi connectivity index (χ0v) is 12.7. The number of nitriles is 1. The molecule has 0 radical (unpaired) electrons. The molecule has 0 aliphatic carbocycles. The zero-order chi connectivity index (χ0) is 16.2. The van der Waals surface area contributed by atoms with Gasteiger partial charge in [-0.05, 0) is 17.7 Å². The average Bonchev–Trinajstić information content (AvgIpc) is 2.98. The second-order valence-corrected chi connectivity index (χ2v) is 5.19. The van der Waals surface area contributed by atoms with Crippen LogP contribution in [0.1, 0.15) is 11.1 Å². The fourth-order valence-electron chi connectivity index (χ4n) is 2.53. The summed E-state index contributed by atoms with van der Waals surface area (Å²) in [5.74, 6) is 0.765. The van der Waals surface area contributed by atoms with Gasteiger partial charge in [0.2, 0.25) is 0 Å². The minimum Gasteiger partial charge on any atom is -0.394 e. The lowest BCUT2D eigenvalue weighted by Gasteiger charge is -2.18. The molecule has 7 heteroatoms. The van der Waals surface area contributed by atoms with Crippen LogP contribution in [0.3, 0.4) is 0 Å². The van der Waals surface area contributed by atoms with Crippen LogP contribution in [0.2, 0.25) is 0 Å². The summed E-state index contributed by atoms with van der Waals surface area (Å²) in [6.45, 7) is 1.02. The second-order valence-electron chi connectivity index (χ2n) is 5.19. The van der Waals surface area contributed by atoms with E-state index in [-0.39, 0.29) is 6.61 Å². The molecule has 1 aromatic carbocycles. The Kier molecular flexibility index (Phi) is 4.17. The molecule has 0 bridgehead atoms. The number of fused-ring (bicyclic) bond motifs is 1. The second kappa shape index (κ2) is 6.42. The Balaban J connectivity index is 1.91. The van der Waals surface area contributed by atoms with Crippen molar-refractivity contribution in [2.24, 2.45) is 0 Å². The van der Waals surface area contributed by atoms with Crippen LogP contribution in [0, 0.1) is 11.3 Å². The Hall–Kier alpha value is -2.98. The molecule has 0 aliphatic rings. The van der Waals surface area contributed by atoms with E-state index < -0.39 is 0 Å². The number of rotatable bonds is 5. The lowest BCUT2D eigenvalue weighted by atomic mass is 10.1. The molecule has 0 saturated carbocycles. The third-order valence-electron chi connectivity index (χ3n) is 3.56. The third-order valence-corrected chi connectivity index (χ3v) is 3.56. The number of aliphatic hydroxyl groups is 1. The maximum Gasteiger partial charge on any atom is 0.163 e. The predicted octanol–water partition coefficient (Wildman–Crippen LogP) is 1.33. The van der Waals surface area contributed by atoms with Crippen LogP contribution in [0.15, 0.2) is 36.8 Å². The highest BCUT2D eigenvalue weighted by Crippen LogP contribution is 2.23. The van der Waals surface area contributed by atoms with E-state index in [1.54, 1.807) is 16.9 Å². The summed E-state index contributed by atoms with van der Waals surface area (Å²) < 4.78 is 1.66. The van der Waals surface area contributed by atoms with Crippen molar-refractivity contribution in [2.45, 2.75) is 13.1 Å². The summed E-state index contributed by atoms with van der Waals surface area (Å²) in [6, 6.07) is 9.64. The largest absolute Gasteiger partial charge is 0.394 e. The minimum absolute atomic E-state index is 0.00685. The summed E-state index contributed by atoms with van der Waals surface area (Å²) in [5, 5.41) is 23.2. The topological polar surface area (TPSA) is 90.9 Å². The van der Waals surface area contributed by atoms with Gasteiger partial charge in [0.1, 0.15) is 12.1 Å². The lowest BCUT2D eigenvalue weighted by Crippen LogP contribution is -2.18. The number of hydrogen-bond acceptors (Lipinski definition) is 6. The Labute approximate surface area is 133 Å². The van der Waals surface area contributed by atoms with Crippen LogP contribution >= 0.6 is 0 Å². The van der Waals surface area contributed by atoms with Crippen LogP contribution in [-0.2, 0) is 13.1 Å². The highest BCUT2D eigenvalue weighted by Gasteiger charge is 2.13. The van der Waals surface area contributed by atoms with Gasteiger partial charge in [0, 0.05) is 13.6 Å². The van der Waals surface area contributed by atoms with Gasteiger partial charge >= 0.3 is 0 Å². The van der Waals surface area contributed by atoms with Crippen molar-refractivity contribution in [1.82, 2.24) is 19.7 Å². The van der Waals surface area contributed by atoms with E-state index in [0.29, 0.717) is 24.3 Å². The minimum atomic E-state index is 0.00685. The van der Waals surface area contributed by atoms with Crippen LogP contribution < -0.4 is 4.90 Å². The number of nitrogens with zero attached hydrogens (tertiary/aromatic N) is 6. The molecule has 3 aromatic rings. The van der Waals surface area contributed by atoms with Crippen LogP contribution in [-0.4, -0.2) is 38.5 Å². The Morgan fingerprint density at radius 2 is 2.22 bits per heavy atom. The fraction of sp³-hybridized carbons (Fsp3) is 0.250. The highest BCUT2D eigenvalue weighted by molar-refractivity contribution is 5.86. The molecule has 2 heterocycles. The van der Waals surface area contributed by atoms with Gasteiger partial charge in [0.15, 0.2) is 5.65 Å². The van der Waals surface area contributed by atoms with Crippen molar-refractivity contribution in [2.75, 3.05) is 18.6 Å². The fourth-order valence-corrected chi connectivity index (χ4v) is 2.53. The summed E-state index contributed by atoms with van der Waals surface area (Å²) >= 11 is 0. The third kappa shape index (κ3) is 2.98. The van der Waals surface area contributed by atoms with Crippen molar-refractivity contribution in [3.05, 3.63) is 47.9 Å². The Bertz CT molecular complexity index is 866. The van der Waals surface area contributed by atoms with Crippen LogP contribution in [0.25, 0.3) is 11.0 Å². The zero-order valence-electron chi connectivity index (χ0n) is 12.7. The highest BCUT2D eigenvalue weighted by atomic mass is 16.3. The van der Waals surface area contributed by atoms with E-state index >= 15 is 0 Å². The molecule has 0 saturated heterocycles. The summed E-state index contributed by atoms with van der Waals surface area (Å²) in [6.07, 6.45) is 3.21. The van der Waals surface area contributed by atoms with Gasteiger partial charge in [-0.3, -0.25) is 0 Å². The van der Waals surface area contributed by atoms with E-state index in [9.17, 15) is 0 Å². The van der Waals surface area contributed by atoms with Gasteiger partial charge in [-0.25, -0.2) is 14.6 Å². The quantitative estimate of drug-likeness (QED) is 0.764. The van der Waals surface area contributed by atoms with E-state index in [1.165, 1.54) is 6.33 Å². The molecule has 116 valence electrons. The SMILES string of the molecule is CN(Cc1cccc(C#N)c1)c1ncnc2c1cnn2CCO. The first-order valence-corrected chi connectivity index (χ1v) is 7.20. The van der Waals surface area contributed by atoms with Crippen molar-refractivity contribution in [3.63, 3.8) is 0 Å². The monoisotopic (exact) mass is 308 g/mol. The molecule has 23 heavy (non-hydrogen) atoms. The number of aliphatic hydroxyl groups excluding tert-OH is 1. The van der Waals surface area contributed by atoms with Gasteiger partial charge in [0.05, 0.1) is 36.4 Å². The molecule has 0 amide bonds. The number of benzene rings is 1. The van der Waals surface area contributed by atoms with Crippen LogP contribution in [0.4, 0.5) is 5.82 Å². The Morgan fingerprint density at radius 1 is 1.35 bits per heavy atom. The smallest absolute Gasteiger partial charge is 0.163 e. The van der Waals surface area contributed by atoms with Gasteiger partial charge < -0.3 is 10.0 Å². The van der Waals surface area contributed by atoms with E-state index in [1.807, 2.05) is 30.1 Å². The number of hydrogen-bond donors (Lipinski definition) is 1. The van der Waals surface area contributed by atoms with Gasteiger partial charge in [0.25, 0.3) is 0 Å². The first kappa shape index (κ1) is 14.9. The lowest BCUT2D eigenvalue weighted by molar-refractivity contribution is 0.271. The average molecular weight is 308 g/mol. The molecule has 0 fully saturated rings. The summed E-state index contributed by atoms with van der Waals surface area (Å²) in [7, 11) is 1.93. The molecule has 0 spiro atoms. The first-order chi connectivity index (χ1) is 11.2. The molecule has 2 aromatic heterocycles. The molecule has 0 unspecified atom stereocenters. The molecule has 3 rings (SSSR count). The Morgan fingerprint density at radius 3 is 3.00 bits per heavy atom. The summed E-state index contributed by atoms with van der Waals surface area (Å²) in [4.78, 5) is 10.6. The van der Waals surface area contributed by atoms with Crippen LogP contribution in [0.5, 0.6) is 0 Å². The molecule has 0 atom stereocenters. The van der Waals surface area contributed by atoms with Gasteiger partial charge in [-0.15, -0.1) is 0 Å². The molecule has 1 N–H and O–H groups in total. The van der Waals surface area contributed by atoms with E-state index in [0.717, 1.165) is 16.8 Å². The molecular weight excluding hydrogens is 292 g/mol. The first-order valence-electron chi connectivity index (χ1n) is 7.20. The van der Waals surface area contributed by atoms with Gasteiger partial charge in [-0.1, -0.05) is 12.1 Å². The van der Waals surface area contributed by atoms with Crippen molar-refractivity contribution >= 4 is 16.9 Å². The van der Waals surface area contributed by atoms with E-state index in [2.05, 4.69) is 21.1 Å². The normalized spacial score (nSPS) is 10.7. The number of anilines is 1. The van der Waals surface area contributed by atoms with E-state index in [4.69, 9.17) is 10.4 Å².